The zero-order valence-corrected chi connectivity index (χ0v) is 20.2. The average Bonchev–Trinajstić information content (AvgIpc) is 2.89. The van der Waals surface area contributed by atoms with E-state index in [4.69, 9.17) is 23.2 Å². The largest absolute Gasteiger partial charge is 0.507 e. The fraction of sp³-hybridized carbons (Fsp3) is 0.385. The second kappa shape index (κ2) is 8.32. The monoisotopic (exact) mass is 443 g/mol. The smallest absolute Gasteiger partial charge is 0.123 e. The molecule has 160 valence electrons. The number of aromatic nitrogens is 1. The minimum atomic E-state index is -0.166. The van der Waals surface area contributed by atoms with E-state index in [1.165, 1.54) is 0 Å². The van der Waals surface area contributed by atoms with Gasteiger partial charge in [-0.25, -0.2) is 0 Å². The minimum Gasteiger partial charge on any atom is -0.507 e. The van der Waals surface area contributed by atoms with Crippen LogP contribution in [0.2, 0.25) is 10.3 Å². The summed E-state index contributed by atoms with van der Waals surface area (Å²) in [4.78, 5) is 0. The summed E-state index contributed by atoms with van der Waals surface area (Å²) in [7, 11) is 0. The van der Waals surface area contributed by atoms with Crippen LogP contribution in [-0.2, 0) is 23.8 Å². The van der Waals surface area contributed by atoms with Gasteiger partial charge in [-0.3, -0.25) is 0 Å². The summed E-state index contributed by atoms with van der Waals surface area (Å²) >= 11 is 13.3. The molecule has 2 nitrogen and oxygen atoms in total. The van der Waals surface area contributed by atoms with Crippen LogP contribution in [0.25, 0.3) is 0 Å². The zero-order valence-electron chi connectivity index (χ0n) is 18.7. The van der Waals surface area contributed by atoms with Crippen molar-refractivity contribution in [2.24, 2.45) is 0 Å². The van der Waals surface area contributed by atoms with E-state index >= 15 is 0 Å². The van der Waals surface area contributed by atoms with Crippen LogP contribution in [0.15, 0.2) is 48.5 Å². The second-order valence-electron chi connectivity index (χ2n) is 10.1. The van der Waals surface area contributed by atoms with Crippen LogP contribution in [0.3, 0.4) is 0 Å². The number of rotatable bonds is 4. The van der Waals surface area contributed by atoms with Gasteiger partial charge in [-0.1, -0.05) is 107 Å². The molecule has 4 heteroatoms. The maximum atomic E-state index is 11.0. The molecule has 0 aliphatic rings. The van der Waals surface area contributed by atoms with Gasteiger partial charge in [0.2, 0.25) is 0 Å². The summed E-state index contributed by atoms with van der Waals surface area (Å²) < 4.78 is 1.93. The van der Waals surface area contributed by atoms with Gasteiger partial charge >= 0.3 is 0 Å². The van der Waals surface area contributed by atoms with Gasteiger partial charge < -0.3 is 9.67 Å². The van der Waals surface area contributed by atoms with Crippen LogP contribution in [-0.4, -0.2) is 9.67 Å². The molecule has 0 saturated heterocycles. The highest BCUT2D eigenvalue weighted by Crippen LogP contribution is 2.40. The van der Waals surface area contributed by atoms with Crippen molar-refractivity contribution in [2.75, 3.05) is 0 Å². The molecule has 30 heavy (non-hydrogen) atoms. The number of benzene rings is 2. The van der Waals surface area contributed by atoms with E-state index in [2.05, 4.69) is 65.8 Å². The van der Waals surface area contributed by atoms with Crippen molar-refractivity contribution in [3.05, 3.63) is 86.7 Å². The number of hydrogen-bond donors (Lipinski definition) is 1. The lowest BCUT2D eigenvalue weighted by molar-refractivity contribution is 0.423. The molecule has 0 aliphatic carbocycles. The first kappa shape index (κ1) is 22.8. The van der Waals surface area contributed by atoms with Crippen LogP contribution < -0.4 is 0 Å². The Bertz CT molecular complexity index is 1000. The van der Waals surface area contributed by atoms with Crippen LogP contribution in [0.4, 0.5) is 0 Å². The van der Waals surface area contributed by atoms with Crippen LogP contribution in [0.1, 0.15) is 69.4 Å². The number of halogens is 2. The Morgan fingerprint density at radius 2 is 1.33 bits per heavy atom. The van der Waals surface area contributed by atoms with E-state index in [9.17, 15) is 5.11 Å². The zero-order chi connectivity index (χ0) is 22.3. The molecule has 0 fully saturated rings. The lowest BCUT2D eigenvalue weighted by atomic mass is 9.78. The van der Waals surface area contributed by atoms with Crippen LogP contribution >= 0.6 is 23.2 Å². The van der Waals surface area contributed by atoms with Crippen molar-refractivity contribution in [3.63, 3.8) is 0 Å². The summed E-state index contributed by atoms with van der Waals surface area (Å²) in [6.45, 7) is 13.4. The molecular formula is C26H31Cl2NO. The maximum Gasteiger partial charge on any atom is 0.123 e. The predicted octanol–water partition coefficient (Wildman–Crippen LogP) is 7.73. The Hall–Kier alpha value is -1.90. The van der Waals surface area contributed by atoms with Crippen molar-refractivity contribution < 1.29 is 5.11 Å². The normalized spacial score (nSPS) is 12.4. The Labute approximate surface area is 190 Å². The number of phenolic OH excluding ortho intramolecular Hbond substituents is 1. The molecule has 0 radical (unpaired) electrons. The third-order valence-electron chi connectivity index (χ3n) is 5.42. The summed E-state index contributed by atoms with van der Waals surface area (Å²) in [5.41, 5.74) is 4.84. The summed E-state index contributed by atoms with van der Waals surface area (Å²) in [5, 5.41) is 12.3. The summed E-state index contributed by atoms with van der Waals surface area (Å²) in [5.74, 6) is 0.393. The fourth-order valence-corrected chi connectivity index (χ4v) is 4.33. The van der Waals surface area contributed by atoms with Crippen molar-refractivity contribution in [1.29, 1.82) is 0 Å². The number of aromatic hydroxyl groups is 1. The van der Waals surface area contributed by atoms with Crippen molar-refractivity contribution in [3.8, 4) is 5.75 Å². The lowest BCUT2D eigenvalue weighted by Gasteiger charge is -2.28. The van der Waals surface area contributed by atoms with Gasteiger partial charge in [-0.05, 0) is 44.7 Å². The van der Waals surface area contributed by atoms with Crippen LogP contribution in [0.5, 0.6) is 5.75 Å². The highest BCUT2D eigenvalue weighted by molar-refractivity contribution is 6.34. The van der Waals surface area contributed by atoms with E-state index < -0.39 is 0 Å². The molecule has 0 unspecified atom stereocenters. The van der Waals surface area contributed by atoms with Gasteiger partial charge in [0.15, 0.2) is 0 Å². The van der Waals surface area contributed by atoms with E-state index in [0.717, 1.165) is 27.8 Å². The first-order chi connectivity index (χ1) is 13.9. The quantitative estimate of drug-likeness (QED) is 0.438. The number of hydrogen-bond acceptors (Lipinski definition) is 1. The Balaban J connectivity index is 2.01. The molecule has 0 saturated carbocycles. The maximum absolute atomic E-state index is 11.0. The molecule has 0 atom stereocenters. The SMILES string of the molecule is CC(C)(C)c1cc(Cc2cc(Cl)n(Cc3ccccc3)c2Cl)cc(C(C)(C)C)c1O. The van der Waals surface area contributed by atoms with Gasteiger partial charge in [0.25, 0.3) is 0 Å². The van der Waals surface area contributed by atoms with Crippen molar-refractivity contribution in [2.45, 2.75) is 65.3 Å². The highest BCUT2D eigenvalue weighted by atomic mass is 35.5. The molecule has 2 aromatic carbocycles. The topological polar surface area (TPSA) is 25.2 Å². The van der Waals surface area contributed by atoms with Gasteiger partial charge in [-0.15, -0.1) is 0 Å². The average molecular weight is 444 g/mol. The van der Waals surface area contributed by atoms with Gasteiger partial charge in [0.05, 0.1) is 0 Å². The first-order valence-corrected chi connectivity index (χ1v) is 11.1. The molecule has 0 aliphatic heterocycles. The fourth-order valence-electron chi connectivity index (χ4n) is 3.74. The molecule has 3 rings (SSSR count). The highest BCUT2D eigenvalue weighted by Gasteiger charge is 2.27. The molecule has 0 amide bonds. The van der Waals surface area contributed by atoms with E-state index in [0.29, 0.717) is 29.0 Å². The molecule has 0 spiro atoms. The Kier molecular flexibility index (Phi) is 6.32. The first-order valence-electron chi connectivity index (χ1n) is 10.3. The third-order valence-corrected chi connectivity index (χ3v) is 6.18. The standard InChI is InChI=1S/C26H31Cl2NO/c1-25(2,3)20-13-18(14-21(23(20)30)26(4,5)6)12-19-15-22(27)29(24(19)28)16-17-10-8-7-9-11-17/h7-11,13-15,30H,12,16H2,1-6H3. The lowest BCUT2D eigenvalue weighted by Crippen LogP contribution is -2.18. The van der Waals surface area contributed by atoms with Gasteiger partial charge in [-0.2, -0.15) is 0 Å². The third kappa shape index (κ3) is 4.87. The molecular weight excluding hydrogens is 413 g/mol. The minimum absolute atomic E-state index is 0.166. The molecule has 1 aromatic heterocycles. The van der Waals surface area contributed by atoms with Crippen molar-refractivity contribution in [1.82, 2.24) is 4.57 Å². The number of phenols is 1. The molecule has 0 bridgehead atoms. The van der Waals surface area contributed by atoms with Gasteiger partial charge in [0.1, 0.15) is 16.1 Å². The van der Waals surface area contributed by atoms with E-state index in [-0.39, 0.29) is 10.8 Å². The Morgan fingerprint density at radius 3 is 1.83 bits per heavy atom. The molecule has 1 heterocycles. The summed E-state index contributed by atoms with van der Waals surface area (Å²) in [6, 6.07) is 16.3. The van der Waals surface area contributed by atoms with Gasteiger partial charge in [0, 0.05) is 13.0 Å². The Morgan fingerprint density at radius 1 is 0.800 bits per heavy atom. The van der Waals surface area contributed by atoms with Crippen molar-refractivity contribution >= 4 is 23.2 Å². The summed E-state index contributed by atoms with van der Waals surface area (Å²) in [6.07, 6.45) is 0.660. The van der Waals surface area contributed by atoms with E-state index in [1.807, 2.05) is 28.8 Å². The van der Waals surface area contributed by atoms with Crippen LogP contribution in [0, 0.1) is 0 Å². The molecule has 1 N–H and O–H groups in total. The van der Waals surface area contributed by atoms with E-state index in [1.54, 1.807) is 0 Å². The number of nitrogens with zero attached hydrogens (tertiary/aromatic N) is 1. The predicted molar refractivity (Wildman–Crippen MR) is 128 cm³/mol. The second-order valence-corrected chi connectivity index (χ2v) is 10.8. The molecule has 3 aromatic rings.